The lowest BCUT2D eigenvalue weighted by Gasteiger charge is -2.49. The Labute approximate surface area is 223 Å². The minimum atomic E-state index is -1.10. The first-order valence-electron chi connectivity index (χ1n) is 14.6. The van der Waals surface area contributed by atoms with Crippen molar-refractivity contribution in [1.29, 1.82) is 5.26 Å². The quantitative estimate of drug-likeness (QED) is 0.380. The Morgan fingerprint density at radius 3 is 2.27 bits per heavy atom. The van der Waals surface area contributed by atoms with Crippen molar-refractivity contribution in [2.75, 3.05) is 13.1 Å². The van der Waals surface area contributed by atoms with Crippen LogP contribution >= 0.6 is 0 Å². The molecule has 1 heterocycles. The number of ketones is 1. The van der Waals surface area contributed by atoms with E-state index >= 15 is 0 Å². The number of carbonyl (C=O) groups is 2. The maximum Gasteiger partial charge on any atom is 0.254 e. The van der Waals surface area contributed by atoms with Crippen LogP contribution in [0.2, 0.25) is 0 Å². The lowest BCUT2D eigenvalue weighted by molar-refractivity contribution is -0.143. The van der Waals surface area contributed by atoms with Gasteiger partial charge in [-0.25, -0.2) is 0 Å². The molecule has 2 saturated carbocycles. The van der Waals surface area contributed by atoms with Crippen molar-refractivity contribution in [2.24, 2.45) is 22.7 Å². The number of benzene rings is 1. The van der Waals surface area contributed by atoms with Gasteiger partial charge in [-0.3, -0.25) is 9.59 Å². The van der Waals surface area contributed by atoms with Crippen molar-refractivity contribution in [3.05, 3.63) is 35.4 Å². The van der Waals surface area contributed by atoms with E-state index in [9.17, 15) is 20.0 Å². The van der Waals surface area contributed by atoms with E-state index in [1.165, 1.54) is 12.0 Å². The van der Waals surface area contributed by atoms with Gasteiger partial charge in [0.2, 0.25) is 0 Å². The Morgan fingerprint density at radius 1 is 1.08 bits per heavy atom. The number of aliphatic hydroxyl groups is 1. The van der Waals surface area contributed by atoms with Crippen LogP contribution in [-0.4, -0.2) is 40.4 Å². The second kappa shape index (κ2) is 10.9. The van der Waals surface area contributed by atoms with Crippen LogP contribution in [-0.2, 0) is 4.79 Å². The highest BCUT2D eigenvalue weighted by molar-refractivity contribution is 5.96. The van der Waals surface area contributed by atoms with Crippen LogP contribution in [0.3, 0.4) is 0 Å². The summed E-state index contributed by atoms with van der Waals surface area (Å²) < 4.78 is 0. The Balaban J connectivity index is 1.41. The molecule has 0 bridgehead atoms. The highest BCUT2D eigenvalue weighted by atomic mass is 16.3. The van der Waals surface area contributed by atoms with Crippen LogP contribution in [0, 0.1) is 34.0 Å². The van der Waals surface area contributed by atoms with Crippen LogP contribution in [0.15, 0.2) is 24.3 Å². The predicted molar refractivity (Wildman–Crippen MR) is 146 cm³/mol. The number of likely N-dealkylation sites (tertiary alicyclic amines) is 1. The van der Waals surface area contributed by atoms with Gasteiger partial charge in [-0.1, -0.05) is 44.5 Å². The van der Waals surface area contributed by atoms with Crippen molar-refractivity contribution in [3.63, 3.8) is 0 Å². The summed E-state index contributed by atoms with van der Waals surface area (Å²) in [4.78, 5) is 27.3. The third-order valence-electron chi connectivity index (χ3n) is 10.1. The first kappa shape index (κ1) is 27.8. The normalized spacial score (nSPS) is 27.9. The number of Topliss-reactive ketones (excluding diaryl/α,β-unsaturated/α-hetero) is 1. The lowest BCUT2D eigenvalue weighted by atomic mass is 9.55. The molecule has 3 unspecified atom stereocenters. The summed E-state index contributed by atoms with van der Waals surface area (Å²) in [6.45, 7) is 10.0. The molecule has 1 N–H and O–H groups in total. The van der Waals surface area contributed by atoms with E-state index in [2.05, 4.69) is 45.9 Å². The average molecular weight is 507 g/mol. The molecule has 5 nitrogen and oxygen atoms in total. The minimum absolute atomic E-state index is 0.123. The van der Waals surface area contributed by atoms with Gasteiger partial charge < -0.3 is 10.0 Å². The summed E-state index contributed by atoms with van der Waals surface area (Å²) in [5.74, 6) is 1.14. The van der Waals surface area contributed by atoms with Crippen LogP contribution in [0.5, 0.6) is 0 Å². The monoisotopic (exact) mass is 506 g/mol. The zero-order valence-electron chi connectivity index (χ0n) is 23.4. The lowest BCUT2D eigenvalue weighted by Crippen LogP contribution is -2.45. The molecule has 5 heteroatoms. The second-order valence-corrected chi connectivity index (χ2v) is 12.8. The Morgan fingerprint density at radius 2 is 1.73 bits per heavy atom. The van der Waals surface area contributed by atoms with Gasteiger partial charge in [-0.05, 0) is 100 Å². The first-order valence-corrected chi connectivity index (χ1v) is 14.6. The Hall–Kier alpha value is -2.19. The molecule has 3 atom stereocenters. The molecular weight excluding hydrogens is 460 g/mol. The highest BCUT2D eigenvalue weighted by Gasteiger charge is 2.50. The number of hydrogen-bond donors (Lipinski definition) is 1. The van der Waals surface area contributed by atoms with Gasteiger partial charge in [-0.2, -0.15) is 5.26 Å². The number of nitriles is 1. The third kappa shape index (κ3) is 5.80. The van der Waals surface area contributed by atoms with Crippen molar-refractivity contribution < 1.29 is 14.7 Å². The number of carbonyl (C=O) groups excluding carboxylic acids is 2. The standard InChI is InChI=1S/C32H46N2O3/c1-5-14-31(6-2)15-11-26(30(3,4)22-33)21-27(31)24-7-9-25(10-8-24)28(35)20-23-12-18-34(19-13-23)29(36)32(37)16-17-32/h7-10,23,26-27,37H,5-6,11-21H2,1-4H3. The topological polar surface area (TPSA) is 81.4 Å². The fourth-order valence-electron chi connectivity index (χ4n) is 7.17. The van der Waals surface area contributed by atoms with Gasteiger partial charge in [-0.15, -0.1) is 0 Å². The summed E-state index contributed by atoms with van der Waals surface area (Å²) in [5.41, 5.74) is 0.935. The highest BCUT2D eigenvalue weighted by Crippen LogP contribution is 2.56. The van der Waals surface area contributed by atoms with Crippen molar-refractivity contribution >= 4 is 11.7 Å². The summed E-state index contributed by atoms with van der Waals surface area (Å²) in [5, 5.41) is 19.9. The molecule has 202 valence electrons. The number of amides is 1. The molecule has 0 spiro atoms. The molecule has 1 aliphatic heterocycles. The predicted octanol–water partition coefficient (Wildman–Crippen LogP) is 6.65. The maximum absolute atomic E-state index is 13.1. The molecule has 37 heavy (non-hydrogen) atoms. The summed E-state index contributed by atoms with van der Waals surface area (Å²) in [7, 11) is 0. The first-order chi connectivity index (χ1) is 17.6. The third-order valence-corrected chi connectivity index (χ3v) is 10.1. The molecular formula is C32H46N2O3. The maximum atomic E-state index is 13.1. The molecule has 3 fully saturated rings. The van der Waals surface area contributed by atoms with E-state index in [0.29, 0.717) is 44.2 Å². The molecule has 2 aliphatic carbocycles. The Kier molecular flexibility index (Phi) is 8.19. The van der Waals surface area contributed by atoms with Crippen LogP contribution in [0.4, 0.5) is 0 Å². The minimum Gasteiger partial charge on any atom is -0.380 e. The van der Waals surface area contributed by atoms with E-state index in [1.54, 1.807) is 4.90 Å². The number of piperidine rings is 1. The molecule has 1 amide bonds. The van der Waals surface area contributed by atoms with E-state index in [-0.39, 0.29) is 28.4 Å². The van der Waals surface area contributed by atoms with Gasteiger partial charge in [0.05, 0.1) is 11.5 Å². The molecule has 0 aromatic heterocycles. The number of nitrogens with zero attached hydrogens (tertiary/aromatic N) is 2. The van der Waals surface area contributed by atoms with Crippen LogP contribution < -0.4 is 0 Å². The van der Waals surface area contributed by atoms with Crippen LogP contribution in [0.1, 0.15) is 120 Å². The van der Waals surface area contributed by atoms with Crippen molar-refractivity contribution in [2.45, 2.75) is 110 Å². The molecule has 3 aliphatic rings. The van der Waals surface area contributed by atoms with Gasteiger partial charge in [0.25, 0.3) is 5.91 Å². The largest absolute Gasteiger partial charge is 0.380 e. The molecule has 1 aromatic rings. The van der Waals surface area contributed by atoms with Gasteiger partial charge in [0.1, 0.15) is 5.60 Å². The second-order valence-electron chi connectivity index (χ2n) is 12.8. The SMILES string of the molecule is CCCC1(CC)CCC(C(C)(C)C#N)CC1c1ccc(C(=O)CC2CCN(C(=O)C3(O)CC3)CC2)cc1. The van der Waals surface area contributed by atoms with Gasteiger partial charge in [0.15, 0.2) is 5.78 Å². The zero-order chi connectivity index (χ0) is 26.8. The summed E-state index contributed by atoms with van der Waals surface area (Å²) in [6.07, 6.45) is 10.1. The van der Waals surface area contributed by atoms with Gasteiger partial charge in [0, 0.05) is 25.1 Å². The van der Waals surface area contributed by atoms with E-state index < -0.39 is 5.60 Å². The van der Waals surface area contributed by atoms with E-state index in [0.717, 1.165) is 50.5 Å². The number of hydrogen-bond acceptors (Lipinski definition) is 4. The van der Waals surface area contributed by atoms with Crippen molar-refractivity contribution in [3.8, 4) is 6.07 Å². The average Bonchev–Trinajstić information content (AvgIpc) is 3.67. The molecule has 1 saturated heterocycles. The fraction of sp³-hybridized carbons (Fsp3) is 0.719. The smallest absolute Gasteiger partial charge is 0.254 e. The van der Waals surface area contributed by atoms with E-state index in [1.807, 2.05) is 12.1 Å². The Bertz CT molecular complexity index is 1010. The zero-order valence-corrected chi connectivity index (χ0v) is 23.4. The van der Waals surface area contributed by atoms with Crippen LogP contribution in [0.25, 0.3) is 0 Å². The summed E-state index contributed by atoms with van der Waals surface area (Å²) in [6, 6.07) is 11.0. The van der Waals surface area contributed by atoms with Gasteiger partial charge >= 0.3 is 0 Å². The number of rotatable bonds is 9. The van der Waals surface area contributed by atoms with Crippen molar-refractivity contribution in [1.82, 2.24) is 4.90 Å². The molecule has 1 aromatic carbocycles. The van der Waals surface area contributed by atoms with E-state index in [4.69, 9.17) is 0 Å². The summed E-state index contributed by atoms with van der Waals surface area (Å²) >= 11 is 0. The molecule has 0 radical (unpaired) electrons. The fourth-order valence-corrected chi connectivity index (χ4v) is 7.17. The molecule has 4 rings (SSSR count).